The van der Waals surface area contributed by atoms with Crippen molar-refractivity contribution in [2.24, 2.45) is 5.10 Å². The summed E-state index contributed by atoms with van der Waals surface area (Å²) in [6.45, 7) is 0. The van der Waals surface area contributed by atoms with E-state index < -0.39 is 23.8 Å². The smallest absolute Gasteiger partial charge is 0.505 e. The van der Waals surface area contributed by atoms with E-state index in [1.54, 1.807) is 24.3 Å². The van der Waals surface area contributed by atoms with Crippen LogP contribution in [-0.4, -0.2) is 42.2 Å². The molecule has 10 nitrogen and oxygen atoms in total. The molecule has 0 saturated heterocycles. The summed E-state index contributed by atoms with van der Waals surface area (Å²) in [5.74, 6) is -0.375. The Morgan fingerprint density at radius 3 is 2.35 bits per heavy atom. The molecule has 0 aromatic heterocycles. The molecule has 0 saturated carbocycles. The number of rotatable bonds is 7. The van der Waals surface area contributed by atoms with E-state index in [1.807, 2.05) is 0 Å². The molecule has 0 radical (unpaired) electrons. The van der Waals surface area contributed by atoms with E-state index in [-0.39, 0.29) is 45.6 Å². The number of phenolic OH excluding ortho intramolecular Hbond substituents is 1. The van der Waals surface area contributed by atoms with Crippen LogP contribution in [0, 0.1) is 0 Å². The van der Waals surface area contributed by atoms with Crippen LogP contribution in [0.15, 0.2) is 84.0 Å². The SMILES string of the molecule is COc1ccc(N2C(=O)C(=NNc3cccc(-c4cccc(OC(=O)O)c4)c3O)c3ccc(C(F)(F)F)cc32)cc1OC. The van der Waals surface area contributed by atoms with Crippen molar-refractivity contribution in [3.05, 3.63) is 90.0 Å². The molecular weight excluding hydrogens is 571 g/mol. The number of benzene rings is 4. The molecule has 43 heavy (non-hydrogen) atoms. The number of carbonyl (C=O) groups excluding carboxylic acids is 1. The number of aromatic hydroxyl groups is 1. The highest BCUT2D eigenvalue weighted by Crippen LogP contribution is 2.43. The van der Waals surface area contributed by atoms with Crippen LogP contribution in [0.4, 0.5) is 35.0 Å². The largest absolute Gasteiger partial charge is 0.511 e. The Balaban J connectivity index is 1.55. The summed E-state index contributed by atoms with van der Waals surface area (Å²) in [7, 11) is 2.81. The Morgan fingerprint density at radius 1 is 0.907 bits per heavy atom. The lowest BCUT2D eigenvalue weighted by molar-refractivity contribution is -0.137. The molecule has 0 bridgehead atoms. The highest BCUT2D eigenvalue weighted by molar-refractivity contribution is 6.55. The van der Waals surface area contributed by atoms with Gasteiger partial charge in [0.05, 0.1) is 36.8 Å². The molecule has 1 aliphatic heterocycles. The second-order valence-electron chi connectivity index (χ2n) is 9.08. The topological polar surface area (TPSA) is 130 Å². The Kier molecular flexibility index (Phi) is 7.55. The van der Waals surface area contributed by atoms with Gasteiger partial charge in [0.15, 0.2) is 17.2 Å². The van der Waals surface area contributed by atoms with Gasteiger partial charge < -0.3 is 24.4 Å². The van der Waals surface area contributed by atoms with Crippen LogP contribution in [0.5, 0.6) is 23.0 Å². The molecule has 4 aromatic carbocycles. The second kappa shape index (κ2) is 11.3. The molecule has 4 aromatic rings. The van der Waals surface area contributed by atoms with Crippen LogP contribution in [0.2, 0.25) is 0 Å². The quantitative estimate of drug-likeness (QED) is 0.0941. The van der Waals surface area contributed by atoms with Crippen molar-refractivity contribution < 1.29 is 47.2 Å². The maximum absolute atomic E-state index is 13.7. The number of hydrogen-bond acceptors (Lipinski definition) is 8. The first-order valence-electron chi connectivity index (χ1n) is 12.5. The first kappa shape index (κ1) is 28.8. The number of phenols is 1. The number of methoxy groups -OCH3 is 2. The van der Waals surface area contributed by atoms with E-state index in [0.717, 1.165) is 23.1 Å². The van der Waals surface area contributed by atoms with Gasteiger partial charge in [-0.1, -0.05) is 24.3 Å². The first-order chi connectivity index (χ1) is 20.5. The van der Waals surface area contributed by atoms with Gasteiger partial charge in [0, 0.05) is 17.2 Å². The zero-order chi connectivity index (χ0) is 30.9. The van der Waals surface area contributed by atoms with Gasteiger partial charge in [-0.25, -0.2) is 4.79 Å². The highest BCUT2D eigenvalue weighted by Gasteiger charge is 2.39. The zero-order valence-electron chi connectivity index (χ0n) is 22.5. The summed E-state index contributed by atoms with van der Waals surface area (Å²) < 4.78 is 56.1. The number of hydrazone groups is 1. The molecule has 1 aliphatic rings. The Bertz CT molecular complexity index is 1770. The maximum atomic E-state index is 13.7. The number of halogens is 3. The number of carbonyl (C=O) groups is 2. The third-order valence-corrected chi connectivity index (χ3v) is 6.53. The normalized spacial score (nSPS) is 13.6. The summed E-state index contributed by atoms with van der Waals surface area (Å²) >= 11 is 0. The van der Waals surface area contributed by atoms with E-state index in [2.05, 4.69) is 15.3 Å². The molecule has 0 unspecified atom stereocenters. The standard InChI is InChI=1S/C30H22F3N3O7/c1-41-24-12-10-18(15-25(24)42-2)36-23-14-17(30(31,32)33)9-11-21(23)26(28(36)38)35-34-22-8-4-7-20(27(22)37)16-5-3-6-19(13-16)43-29(39)40/h3-15,34,37H,1-2H3,(H,39,40). The number of carboxylic acid groups (broad SMARTS) is 1. The van der Waals surface area contributed by atoms with Crippen molar-refractivity contribution in [3.63, 3.8) is 0 Å². The minimum atomic E-state index is -4.67. The number of hydrogen-bond donors (Lipinski definition) is 3. The molecule has 220 valence electrons. The van der Waals surface area contributed by atoms with Crippen LogP contribution in [0.1, 0.15) is 11.1 Å². The molecule has 1 amide bonds. The van der Waals surface area contributed by atoms with Gasteiger partial charge in [-0.15, -0.1) is 0 Å². The lowest BCUT2D eigenvalue weighted by Gasteiger charge is -2.19. The number of nitrogens with zero attached hydrogens (tertiary/aromatic N) is 2. The fourth-order valence-electron chi connectivity index (χ4n) is 4.56. The number of nitrogens with one attached hydrogen (secondary N) is 1. The molecule has 5 rings (SSSR count). The van der Waals surface area contributed by atoms with Crippen LogP contribution in [0.3, 0.4) is 0 Å². The number of ether oxygens (including phenoxy) is 3. The molecule has 0 atom stereocenters. The summed E-state index contributed by atoms with van der Waals surface area (Å²) in [4.78, 5) is 25.7. The van der Waals surface area contributed by atoms with Crippen molar-refractivity contribution in [3.8, 4) is 34.1 Å². The van der Waals surface area contributed by atoms with E-state index >= 15 is 0 Å². The van der Waals surface area contributed by atoms with Crippen molar-refractivity contribution in [1.82, 2.24) is 0 Å². The monoisotopic (exact) mass is 593 g/mol. The van der Waals surface area contributed by atoms with Crippen molar-refractivity contribution in [2.45, 2.75) is 6.18 Å². The molecule has 13 heteroatoms. The lowest BCUT2D eigenvalue weighted by atomic mass is 10.0. The Morgan fingerprint density at radius 2 is 1.65 bits per heavy atom. The minimum Gasteiger partial charge on any atom is -0.505 e. The van der Waals surface area contributed by atoms with Crippen LogP contribution < -0.4 is 24.5 Å². The summed E-state index contributed by atoms with van der Waals surface area (Å²) in [6.07, 6.45) is -6.17. The van der Waals surface area contributed by atoms with Gasteiger partial charge in [-0.3, -0.25) is 15.1 Å². The summed E-state index contributed by atoms with van der Waals surface area (Å²) in [5.41, 5.74) is 2.53. The van der Waals surface area contributed by atoms with E-state index in [9.17, 15) is 27.9 Å². The predicted octanol–water partition coefficient (Wildman–Crippen LogP) is 6.65. The summed E-state index contributed by atoms with van der Waals surface area (Å²) in [6, 6.07) is 18.0. The predicted molar refractivity (Wildman–Crippen MR) is 150 cm³/mol. The average Bonchev–Trinajstić information content (AvgIpc) is 3.25. The second-order valence-corrected chi connectivity index (χ2v) is 9.08. The minimum absolute atomic E-state index is 0.0321. The van der Waals surface area contributed by atoms with E-state index in [1.165, 1.54) is 50.6 Å². The molecular formula is C30H22F3N3O7. The van der Waals surface area contributed by atoms with Gasteiger partial charge in [-0.05, 0) is 54.1 Å². The molecule has 1 heterocycles. The van der Waals surface area contributed by atoms with Crippen molar-refractivity contribution in [1.29, 1.82) is 0 Å². The van der Waals surface area contributed by atoms with E-state index in [0.29, 0.717) is 16.9 Å². The van der Waals surface area contributed by atoms with Crippen LogP contribution in [0.25, 0.3) is 11.1 Å². The lowest BCUT2D eigenvalue weighted by Crippen LogP contribution is -2.26. The number of amides is 1. The summed E-state index contributed by atoms with van der Waals surface area (Å²) in [5, 5.41) is 24.1. The Labute approximate surface area is 242 Å². The fourth-order valence-corrected chi connectivity index (χ4v) is 4.56. The molecule has 0 fully saturated rings. The van der Waals surface area contributed by atoms with Gasteiger partial charge in [0.25, 0.3) is 5.91 Å². The number of fused-ring (bicyclic) bond motifs is 1. The molecule has 0 aliphatic carbocycles. The van der Waals surface area contributed by atoms with Crippen molar-refractivity contribution in [2.75, 3.05) is 24.5 Å². The third kappa shape index (κ3) is 5.60. The fraction of sp³-hybridized carbons (Fsp3) is 0.100. The zero-order valence-corrected chi connectivity index (χ0v) is 22.5. The third-order valence-electron chi connectivity index (χ3n) is 6.53. The van der Waals surface area contributed by atoms with Gasteiger partial charge >= 0.3 is 12.3 Å². The van der Waals surface area contributed by atoms with Gasteiger partial charge in [0.2, 0.25) is 0 Å². The molecule has 3 N–H and O–H groups in total. The first-order valence-corrected chi connectivity index (χ1v) is 12.5. The average molecular weight is 594 g/mol. The van der Waals surface area contributed by atoms with E-state index in [4.69, 9.17) is 14.6 Å². The van der Waals surface area contributed by atoms with Gasteiger partial charge in [0.1, 0.15) is 11.5 Å². The maximum Gasteiger partial charge on any atom is 0.511 e. The number of alkyl halides is 3. The van der Waals surface area contributed by atoms with Crippen LogP contribution >= 0.6 is 0 Å². The van der Waals surface area contributed by atoms with Crippen molar-refractivity contribution >= 4 is 34.8 Å². The Hall–Kier alpha value is -5.72. The number of anilines is 3. The molecule has 0 spiro atoms. The van der Waals surface area contributed by atoms with Crippen LogP contribution in [-0.2, 0) is 11.0 Å². The van der Waals surface area contributed by atoms with Gasteiger partial charge in [-0.2, -0.15) is 18.3 Å². The number of para-hydroxylation sites is 1. The highest BCUT2D eigenvalue weighted by atomic mass is 19.4.